The molecule has 5 heteroatoms. The van der Waals surface area contributed by atoms with E-state index in [9.17, 15) is 14.3 Å². The van der Waals surface area contributed by atoms with Gasteiger partial charge in [-0.1, -0.05) is 35.9 Å². The summed E-state index contributed by atoms with van der Waals surface area (Å²) in [7, 11) is 0. The molecule has 0 saturated carbocycles. The summed E-state index contributed by atoms with van der Waals surface area (Å²) in [6.07, 6.45) is 0. The van der Waals surface area contributed by atoms with Crippen LogP contribution in [0.3, 0.4) is 0 Å². The SMILES string of the molecule is O=C(O)c1cc2ccccc2n1Cc1ccc(F)cc1Cl. The van der Waals surface area contributed by atoms with Crippen LogP contribution in [0.5, 0.6) is 0 Å². The summed E-state index contributed by atoms with van der Waals surface area (Å²) in [5.41, 5.74) is 1.65. The molecular weight excluding hydrogens is 293 g/mol. The van der Waals surface area contributed by atoms with Crippen molar-refractivity contribution in [1.29, 1.82) is 0 Å². The van der Waals surface area contributed by atoms with Gasteiger partial charge in [-0.3, -0.25) is 0 Å². The van der Waals surface area contributed by atoms with E-state index in [1.165, 1.54) is 12.1 Å². The van der Waals surface area contributed by atoms with Gasteiger partial charge in [0.15, 0.2) is 0 Å². The van der Waals surface area contributed by atoms with Crippen LogP contribution in [0.2, 0.25) is 5.02 Å². The van der Waals surface area contributed by atoms with Crippen molar-refractivity contribution < 1.29 is 14.3 Å². The Morgan fingerprint density at radius 3 is 2.67 bits per heavy atom. The van der Waals surface area contributed by atoms with Gasteiger partial charge in [0.25, 0.3) is 0 Å². The lowest BCUT2D eigenvalue weighted by molar-refractivity contribution is 0.0686. The lowest BCUT2D eigenvalue weighted by Crippen LogP contribution is -2.09. The fourth-order valence-electron chi connectivity index (χ4n) is 2.38. The molecule has 0 bridgehead atoms. The second-order valence-corrected chi connectivity index (χ2v) is 5.12. The van der Waals surface area contributed by atoms with E-state index in [4.69, 9.17) is 11.6 Å². The van der Waals surface area contributed by atoms with Crippen LogP contribution in [0.4, 0.5) is 4.39 Å². The summed E-state index contributed by atoms with van der Waals surface area (Å²) in [5, 5.41) is 10.5. The highest BCUT2D eigenvalue weighted by Gasteiger charge is 2.15. The van der Waals surface area contributed by atoms with Crippen LogP contribution in [-0.2, 0) is 6.54 Å². The number of carboxylic acids is 1. The number of fused-ring (bicyclic) bond motifs is 1. The molecule has 1 N–H and O–H groups in total. The molecule has 3 nitrogen and oxygen atoms in total. The maximum atomic E-state index is 13.1. The molecule has 1 heterocycles. The summed E-state index contributed by atoms with van der Waals surface area (Å²) in [4.78, 5) is 11.4. The van der Waals surface area contributed by atoms with Gasteiger partial charge in [-0.2, -0.15) is 0 Å². The zero-order valence-electron chi connectivity index (χ0n) is 10.9. The molecule has 2 aromatic carbocycles. The van der Waals surface area contributed by atoms with Crippen molar-refractivity contribution in [3.05, 3.63) is 70.6 Å². The van der Waals surface area contributed by atoms with Gasteiger partial charge in [-0.15, -0.1) is 0 Å². The Morgan fingerprint density at radius 1 is 1.19 bits per heavy atom. The highest BCUT2D eigenvalue weighted by atomic mass is 35.5. The second kappa shape index (κ2) is 5.22. The van der Waals surface area contributed by atoms with Crippen molar-refractivity contribution in [2.45, 2.75) is 6.54 Å². The largest absolute Gasteiger partial charge is 0.477 e. The number of aromatic carboxylic acids is 1. The third-order valence-corrected chi connectivity index (χ3v) is 3.73. The van der Waals surface area contributed by atoms with Crippen LogP contribution in [0.1, 0.15) is 16.1 Å². The smallest absolute Gasteiger partial charge is 0.352 e. The summed E-state index contributed by atoms with van der Waals surface area (Å²) in [6.45, 7) is 0.272. The predicted molar refractivity (Wildman–Crippen MR) is 79.4 cm³/mol. The normalized spacial score (nSPS) is 11.0. The molecule has 21 heavy (non-hydrogen) atoms. The second-order valence-electron chi connectivity index (χ2n) is 4.72. The summed E-state index contributed by atoms with van der Waals surface area (Å²) in [5.74, 6) is -1.43. The fourth-order valence-corrected chi connectivity index (χ4v) is 2.61. The van der Waals surface area contributed by atoms with Gasteiger partial charge in [-0.25, -0.2) is 9.18 Å². The molecule has 0 amide bonds. The first-order valence-corrected chi connectivity index (χ1v) is 6.69. The minimum atomic E-state index is -1.01. The number of rotatable bonds is 3. The summed E-state index contributed by atoms with van der Waals surface area (Å²) in [6, 6.07) is 13.1. The van der Waals surface area contributed by atoms with Gasteiger partial charge in [0.05, 0.1) is 0 Å². The zero-order valence-corrected chi connectivity index (χ0v) is 11.6. The van der Waals surface area contributed by atoms with Gasteiger partial charge < -0.3 is 9.67 Å². The van der Waals surface area contributed by atoms with Crippen LogP contribution in [0.15, 0.2) is 48.5 Å². The topological polar surface area (TPSA) is 42.2 Å². The van der Waals surface area contributed by atoms with Crippen molar-refractivity contribution in [2.24, 2.45) is 0 Å². The number of nitrogens with zero attached hydrogens (tertiary/aromatic N) is 1. The van der Waals surface area contributed by atoms with Crippen LogP contribution in [0.25, 0.3) is 10.9 Å². The average Bonchev–Trinajstić information content (AvgIpc) is 2.81. The number of carbonyl (C=O) groups is 1. The van der Waals surface area contributed by atoms with E-state index in [-0.39, 0.29) is 17.3 Å². The first-order chi connectivity index (χ1) is 10.1. The van der Waals surface area contributed by atoms with Gasteiger partial charge >= 0.3 is 5.97 Å². The molecule has 0 spiro atoms. The minimum absolute atomic E-state index is 0.177. The predicted octanol–water partition coefficient (Wildman–Crippen LogP) is 4.18. The maximum absolute atomic E-state index is 13.1. The fraction of sp³-hybridized carbons (Fsp3) is 0.0625. The molecule has 0 fully saturated rings. The zero-order chi connectivity index (χ0) is 15.0. The van der Waals surface area contributed by atoms with Crippen LogP contribution >= 0.6 is 11.6 Å². The highest BCUT2D eigenvalue weighted by molar-refractivity contribution is 6.31. The van der Waals surface area contributed by atoms with E-state index >= 15 is 0 Å². The first kappa shape index (κ1) is 13.6. The molecule has 0 aliphatic heterocycles. The highest BCUT2D eigenvalue weighted by Crippen LogP contribution is 2.24. The molecule has 3 rings (SSSR count). The molecule has 106 valence electrons. The van der Waals surface area contributed by atoms with Crippen LogP contribution < -0.4 is 0 Å². The van der Waals surface area contributed by atoms with Crippen LogP contribution in [0, 0.1) is 5.82 Å². The Bertz CT molecular complexity index is 841. The molecule has 0 aliphatic rings. The van der Waals surface area contributed by atoms with Crippen molar-refractivity contribution in [2.75, 3.05) is 0 Å². The Hall–Kier alpha value is -2.33. The molecule has 0 radical (unpaired) electrons. The monoisotopic (exact) mass is 303 g/mol. The van der Waals surface area contributed by atoms with Gasteiger partial charge in [0.2, 0.25) is 0 Å². The van der Waals surface area contributed by atoms with Crippen molar-refractivity contribution >= 4 is 28.5 Å². The molecule has 0 atom stereocenters. The van der Waals surface area contributed by atoms with E-state index in [0.717, 1.165) is 10.9 Å². The quantitative estimate of drug-likeness (QED) is 0.788. The number of para-hydroxylation sites is 1. The van der Waals surface area contributed by atoms with E-state index < -0.39 is 11.8 Å². The Balaban J connectivity index is 2.14. The minimum Gasteiger partial charge on any atom is -0.477 e. The molecule has 0 saturated heterocycles. The van der Waals surface area contributed by atoms with E-state index in [2.05, 4.69) is 0 Å². The van der Waals surface area contributed by atoms with E-state index in [0.29, 0.717) is 5.56 Å². The lowest BCUT2D eigenvalue weighted by Gasteiger charge is -2.10. The van der Waals surface area contributed by atoms with E-state index in [1.807, 2.05) is 24.3 Å². The number of halogens is 2. The first-order valence-electron chi connectivity index (χ1n) is 6.32. The van der Waals surface area contributed by atoms with Gasteiger partial charge in [0, 0.05) is 22.5 Å². The average molecular weight is 304 g/mol. The van der Waals surface area contributed by atoms with Crippen molar-refractivity contribution in [3.63, 3.8) is 0 Å². The standard InChI is InChI=1S/C16H11ClFNO2/c17-13-8-12(18)6-5-11(13)9-19-14-4-2-1-3-10(14)7-15(19)16(20)21/h1-8H,9H2,(H,20,21). The van der Waals surface area contributed by atoms with Crippen LogP contribution in [-0.4, -0.2) is 15.6 Å². The summed E-state index contributed by atoms with van der Waals surface area (Å²) < 4.78 is 14.8. The Morgan fingerprint density at radius 2 is 1.95 bits per heavy atom. The number of hydrogen-bond donors (Lipinski definition) is 1. The molecule has 3 aromatic rings. The Kier molecular flexibility index (Phi) is 3.39. The van der Waals surface area contributed by atoms with Crippen molar-refractivity contribution in [3.8, 4) is 0 Å². The third kappa shape index (κ3) is 2.50. The number of hydrogen-bond acceptors (Lipinski definition) is 1. The number of carboxylic acid groups (broad SMARTS) is 1. The molecule has 0 unspecified atom stereocenters. The van der Waals surface area contributed by atoms with E-state index in [1.54, 1.807) is 16.7 Å². The molecule has 1 aromatic heterocycles. The molecular formula is C16H11ClFNO2. The maximum Gasteiger partial charge on any atom is 0.352 e. The number of aromatic nitrogens is 1. The van der Waals surface area contributed by atoms with Gasteiger partial charge in [0.1, 0.15) is 11.5 Å². The van der Waals surface area contributed by atoms with Crippen molar-refractivity contribution in [1.82, 2.24) is 4.57 Å². The molecule has 0 aliphatic carbocycles. The summed E-state index contributed by atoms with van der Waals surface area (Å²) >= 11 is 6.03. The Labute approximate surface area is 125 Å². The third-order valence-electron chi connectivity index (χ3n) is 3.37. The lowest BCUT2D eigenvalue weighted by atomic mass is 10.2. The number of benzene rings is 2. The van der Waals surface area contributed by atoms with Gasteiger partial charge in [-0.05, 0) is 29.8 Å².